The summed E-state index contributed by atoms with van der Waals surface area (Å²) in [5.74, 6) is 0.467. The van der Waals surface area contributed by atoms with Crippen molar-refractivity contribution in [1.29, 1.82) is 0 Å². The van der Waals surface area contributed by atoms with E-state index in [1.165, 1.54) is 11.1 Å². The molecule has 1 saturated carbocycles. The zero-order valence-corrected chi connectivity index (χ0v) is 15.5. The van der Waals surface area contributed by atoms with Gasteiger partial charge < -0.3 is 10.2 Å². The minimum Gasteiger partial charge on any atom is -0.370 e. The average Bonchev–Trinajstić information content (AvgIpc) is 2.63. The standard InChI is InChI=1S/C21H26N4O2/c26-20-13-19(14-22-25(20)15-16-5-2-1-3-6-16)24-11-9-18(10-12-24)23-21(27)17-7-4-8-17/h1-3,5-6,13-14,17-18H,4,7-12,15H2,(H,23,27). The smallest absolute Gasteiger partial charge is 0.269 e. The van der Waals surface area contributed by atoms with Crippen molar-refractivity contribution in [3.05, 3.63) is 58.5 Å². The molecule has 4 rings (SSSR count). The summed E-state index contributed by atoms with van der Waals surface area (Å²) in [6.45, 7) is 2.15. The number of rotatable bonds is 5. The first kappa shape index (κ1) is 17.8. The van der Waals surface area contributed by atoms with E-state index in [4.69, 9.17) is 0 Å². The molecule has 6 heteroatoms. The number of carbonyl (C=O) groups excluding carboxylic acids is 1. The highest BCUT2D eigenvalue weighted by Gasteiger charge is 2.28. The highest BCUT2D eigenvalue weighted by Crippen LogP contribution is 2.27. The van der Waals surface area contributed by atoms with E-state index < -0.39 is 0 Å². The molecular weight excluding hydrogens is 340 g/mol. The summed E-state index contributed by atoms with van der Waals surface area (Å²) in [7, 11) is 0. The Morgan fingerprint density at radius 2 is 1.85 bits per heavy atom. The molecule has 1 aromatic heterocycles. The van der Waals surface area contributed by atoms with Crippen LogP contribution in [0.3, 0.4) is 0 Å². The van der Waals surface area contributed by atoms with Gasteiger partial charge in [0.05, 0.1) is 18.4 Å². The number of nitrogens with one attached hydrogen (secondary N) is 1. The van der Waals surface area contributed by atoms with Crippen molar-refractivity contribution in [3.63, 3.8) is 0 Å². The molecule has 27 heavy (non-hydrogen) atoms. The third kappa shape index (κ3) is 4.21. The number of hydrogen-bond donors (Lipinski definition) is 1. The Morgan fingerprint density at radius 3 is 2.48 bits per heavy atom. The number of amides is 1. The van der Waals surface area contributed by atoms with E-state index >= 15 is 0 Å². The molecular formula is C21H26N4O2. The van der Waals surface area contributed by atoms with Crippen LogP contribution in [0.15, 0.2) is 47.4 Å². The molecule has 0 radical (unpaired) electrons. The number of benzene rings is 1. The predicted molar refractivity (Wildman–Crippen MR) is 105 cm³/mol. The molecule has 1 aromatic carbocycles. The van der Waals surface area contributed by atoms with Gasteiger partial charge in [-0.05, 0) is 31.2 Å². The third-order valence-corrected chi connectivity index (χ3v) is 5.71. The zero-order valence-electron chi connectivity index (χ0n) is 15.5. The molecule has 1 aliphatic carbocycles. The van der Waals surface area contributed by atoms with Crippen LogP contribution in [0.4, 0.5) is 5.69 Å². The lowest BCUT2D eigenvalue weighted by Crippen LogP contribution is -2.47. The summed E-state index contributed by atoms with van der Waals surface area (Å²) in [5.41, 5.74) is 1.84. The number of aromatic nitrogens is 2. The zero-order chi connectivity index (χ0) is 18.6. The van der Waals surface area contributed by atoms with Gasteiger partial charge in [-0.15, -0.1) is 0 Å². The van der Waals surface area contributed by atoms with E-state index in [0.29, 0.717) is 6.54 Å². The highest BCUT2D eigenvalue weighted by atomic mass is 16.2. The lowest BCUT2D eigenvalue weighted by atomic mass is 9.84. The first-order chi connectivity index (χ1) is 13.2. The number of piperidine rings is 1. The van der Waals surface area contributed by atoms with Crippen LogP contribution in [0.25, 0.3) is 0 Å². The topological polar surface area (TPSA) is 67.2 Å². The van der Waals surface area contributed by atoms with Gasteiger partial charge in [-0.25, -0.2) is 4.68 Å². The van der Waals surface area contributed by atoms with Gasteiger partial charge in [0.25, 0.3) is 5.56 Å². The third-order valence-electron chi connectivity index (χ3n) is 5.71. The molecule has 2 aliphatic rings. The Bertz CT molecular complexity index is 837. The van der Waals surface area contributed by atoms with E-state index in [9.17, 15) is 9.59 Å². The summed E-state index contributed by atoms with van der Waals surface area (Å²) in [4.78, 5) is 26.7. The fourth-order valence-corrected chi connectivity index (χ4v) is 3.74. The first-order valence-electron chi connectivity index (χ1n) is 9.85. The molecule has 0 spiro atoms. The second kappa shape index (κ2) is 7.94. The van der Waals surface area contributed by atoms with Crippen molar-refractivity contribution < 1.29 is 4.79 Å². The Morgan fingerprint density at radius 1 is 1.11 bits per heavy atom. The van der Waals surface area contributed by atoms with Crippen LogP contribution >= 0.6 is 0 Å². The lowest BCUT2D eigenvalue weighted by molar-refractivity contribution is -0.128. The first-order valence-corrected chi connectivity index (χ1v) is 9.85. The van der Waals surface area contributed by atoms with E-state index in [1.807, 2.05) is 30.3 Å². The molecule has 142 valence electrons. The summed E-state index contributed by atoms with van der Waals surface area (Å²) in [5, 5.41) is 7.54. The molecule has 2 aromatic rings. The highest BCUT2D eigenvalue weighted by molar-refractivity contribution is 5.79. The quantitative estimate of drug-likeness (QED) is 0.881. The molecule has 1 N–H and O–H groups in total. The summed E-state index contributed by atoms with van der Waals surface area (Å²) < 4.78 is 1.49. The minimum atomic E-state index is -0.0863. The van der Waals surface area contributed by atoms with Crippen molar-refractivity contribution in [2.75, 3.05) is 18.0 Å². The van der Waals surface area contributed by atoms with E-state index in [-0.39, 0.29) is 23.4 Å². The largest absolute Gasteiger partial charge is 0.370 e. The fraction of sp³-hybridized carbons (Fsp3) is 0.476. The Balaban J connectivity index is 1.33. The van der Waals surface area contributed by atoms with Gasteiger partial charge in [-0.3, -0.25) is 9.59 Å². The monoisotopic (exact) mass is 366 g/mol. The normalized spacial score (nSPS) is 18.1. The van der Waals surface area contributed by atoms with Gasteiger partial charge in [-0.1, -0.05) is 36.8 Å². The lowest BCUT2D eigenvalue weighted by Gasteiger charge is -2.35. The molecule has 0 atom stereocenters. The summed E-state index contributed by atoms with van der Waals surface area (Å²) in [6, 6.07) is 11.8. The molecule has 2 heterocycles. The molecule has 1 aliphatic heterocycles. The van der Waals surface area contributed by atoms with Crippen LogP contribution in [-0.2, 0) is 11.3 Å². The van der Waals surface area contributed by atoms with Crippen molar-refractivity contribution >= 4 is 11.6 Å². The van der Waals surface area contributed by atoms with Gasteiger partial charge in [0.2, 0.25) is 5.91 Å². The van der Waals surface area contributed by atoms with Crippen LogP contribution in [-0.4, -0.2) is 34.8 Å². The summed E-state index contributed by atoms with van der Waals surface area (Å²) in [6.07, 6.45) is 6.85. The SMILES string of the molecule is O=C(NC1CCN(c2cnn(Cc3ccccc3)c(=O)c2)CC1)C1CCC1. The van der Waals surface area contributed by atoms with Crippen molar-refractivity contribution in [2.24, 2.45) is 5.92 Å². The fourth-order valence-electron chi connectivity index (χ4n) is 3.74. The van der Waals surface area contributed by atoms with E-state index in [0.717, 1.165) is 50.0 Å². The van der Waals surface area contributed by atoms with Crippen LogP contribution in [0.5, 0.6) is 0 Å². The molecule has 6 nitrogen and oxygen atoms in total. The van der Waals surface area contributed by atoms with Crippen LogP contribution in [0.1, 0.15) is 37.7 Å². The molecule has 1 amide bonds. The Labute approximate surface area is 159 Å². The number of carbonyl (C=O) groups is 1. The van der Waals surface area contributed by atoms with Gasteiger partial charge in [0.1, 0.15) is 0 Å². The van der Waals surface area contributed by atoms with Crippen LogP contribution < -0.4 is 15.8 Å². The maximum atomic E-state index is 12.4. The van der Waals surface area contributed by atoms with Crippen molar-refractivity contribution in [2.45, 2.75) is 44.7 Å². The maximum Gasteiger partial charge on any atom is 0.269 e. The van der Waals surface area contributed by atoms with E-state index in [1.54, 1.807) is 12.3 Å². The van der Waals surface area contributed by atoms with E-state index in [2.05, 4.69) is 15.3 Å². The van der Waals surface area contributed by atoms with Gasteiger partial charge in [-0.2, -0.15) is 5.10 Å². The van der Waals surface area contributed by atoms with Gasteiger partial charge in [0.15, 0.2) is 0 Å². The Hall–Kier alpha value is -2.63. The average molecular weight is 366 g/mol. The molecule has 2 fully saturated rings. The number of anilines is 1. The molecule has 0 bridgehead atoms. The Kier molecular flexibility index (Phi) is 5.23. The van der Waals surface area contributed by atoms with Gasteiger partial charge >= 0.3 is 0 Å². The molecule has 0 unspecified atom stereocenters. The number of nitrogens with zero attached hydrogens (tertiary/aromatic N) is 3. The van der Waals surface area contributed by atoms with Crippen molar-refractivity contribution in [1.82, 2.24) is 15.1 Å². The van der Waals surface area contributed by atoms with Crippen LogP contribution in [0.2, 0.25) is 0 Å². The molecule has 1 saturated heterocycles. The minimum absolute atomic E-state index is 0.0863. The summed E-state index contributed by atoms with van der Waals surface area (Å²) >= 11 is 0. The second-order valence-corrected chi connectivity index (χ2v) is 7.59. The van der Waals surface area contributed by atoms with Gasteiger partial charge in [0, 0.05) is 31.1 Å². The number of hydrogen-bond acceptors (Lipinski definition) is 4. The predicted octanol–water partition coefficient (Wildman–Crippen LogP) is 2.18. The maximum absolute atomic E-state index is 12.4. The van der Waals surface area contributed by atoms with Crippen molar-refractivity contribution in [3.8, 4) is 0 Å². The van der Waals surface area contributed by atoms with Crippen LogP contribution in [0, 0.1) is 5.92 Å². The second-order valence-electron chi connectivity index (χ2n) is 7.59.